The molecule has 0 saturated heterocycles. The van der Waals surface area contributed by atoms with Gasteiger partial charge in [-0.1, -0.05) is 0 Å². The molecule has 4 nitrogen and oxygen atoms in total. The maximum absolute atomic E-state index is 13.4. The minimum Gasteiger partial charge on any atom is -0.493 e. The summed E-state index contributed by atoms with van der Waals surface area (Å²) in [5.41, 5.74) is -0.142. The fourth-order valence-electron chi connectivity index (χ4n) is 1.27. The van der Waals surface area contributed by atoms with Crippen molar-refractivity contribution in [3.63, 3.8) is 0 Å². The van der Waals surface area contributed by atoms with E-state index in [4.69, 9.17) is 20.2 Å². The molecule has 1 rings (SSSR count). The van der Waals surface area contributed by atoms with Crippen LogP contribution in [0.4, 0.5) is 4.39 Å². The number of hydrogen-bond acceptors (Lipinski definition) is 4. The number of hydrogen-bond donors (Lipinski definition) is 0. The summed E-state index contributed by atoms with van der Waals surface area (Å²) in [6.07, 6.45) is 0. The lowest BCUT2D eigenvalue weighted by atomic mass is 10.2. The number of benzene rings is 1. The van der Waals surface area contributed by atoms with Crippen LogP contribution in [0.25, 0.3) is 0 Å². The Labute approximate surface area is 97.4 Å². The topological polar surface area (TPSA) is 52.6 Å². The van der Waals surface area contributed by atoms with Crippen molar-refractivity contribution in [2.75, 3.05) is 14.2 Å². The van der Waals surface area contributed by atoms with Crippen molar-refractivity contribution >= 4 is 19.7 Å². The van der Waals surface area contributed by atoms with Gasteiger partial charge in [-0.2, -0.15) is 0 Å². The van der Waals surface area contributed by atoms with E-state index in [1.54, 1.807) is 0 Å². The summed E-state index contributed by atoms with van der Waals surface area (Å²) in [4.78, 5) is 0. The molecule has 0 aliphatic rings. The molecule has 0 aliphatic heterocycles. The highest BCUT2D eigenvalue weighted by atomic mass is 35.7. The monoisotopic (exact) mass is 268 g/mol. The average molecular weight is 269 g/mol. The lowest BCUT2D eigenvalue weighted by molar-refractivity contribution is 0.349. The molecule has 90 valence electrons. The first-order chi connectivity index (χ1) is 7.39. The third kappa shape index (κ3) is 2.99. The maximum atomic E-state index is 13.4. The van der Waals surface area contributed by atoms with Gasteiger partial charge in [-0.05, 0) is 12.1 Å². The summed E-state index contributed by atoms with van der Waals surface area (Å²) in [6, 6.07) is 2.44. The van der Waals surface area contributed by atoms with Gasteiger partial charge in [0.25, 0.3) is 0 Å². The van der Waals surface area contributed by atoms with Gasteiger partial charge in [-0.3, -0.25) is 0 Å². The third-order valence-electron chi connectivity index (χ3n) is 1.91. The van der Waals surface area contributed by atoms with E-state index in [1.807, 2.05) is 0 Å². The molecule has 0 saturated carbocycles. The van der Waals surface area contributed by atoms with Crippen LogP contribution in [0, 0.1) is 5.82 Å². The first kappa shape index (κ1) is 13.1. The molecule has 1 aromatic rings. The van der Waals surface area contributed by atoms with Crippen LogP contribution in [-0.2, 0) is 14.8 Å². The summed E-state index contributed by atoms with van der Waals surface area (Å²) in [7, 11) is 3.88. The van der Waals surface area contributed by atoms with E-state index < -0.39 is 20.6 Å². The molecule has 0 amide bonds. The Morgan fingerprint density at radius 3 is 2.38 bits per heavy atom. The molecule has 0 bridgehead atoms. The Hall–Kier alpha value is -1.01. The number of ether oxygens (including phenoxy) is 2. The van der Waals surface area contributed by atoms with Gasteiger partial charge < -0.3 is 9.47 Å². The third-order valence-corrected chi connectivity index (χ3v) is 2.87. The van der Waals surface area contributed by atoms with Gasteiger partial charge in [0.1, 0.15) is 5.82 Å². The van der Waals surface area contributed by atoms with Crippen molar-refractivity contribution in [3.05, 3.63) is 23.5 Å². The van der Waals surface area contributed by atoms with Gasteiger partial charge in [0.15, 0.2) is 11.5 Å². The predicted octanol–water partition coefficient (Wildman–Crippen LogP) is 1.91. The van der Waals surface area contributed by atoms with Crippen LogP contribution in [-0.4, -0.2) is 22.6 Å². The standard InChI is InChI=1S/C9H10ClFO4S/c1-14-8-4-3-7(11)6(9(8)15-2)5-16(10,12)13/h3-4H,5H2,1-2H3. The molecule has 0 fully saturated rings. The first-order valence-corrected chi connectivity index (χ1v) is 6.68. The van der Waals surface area contributed by atoms with Gasteiger partial charge in [0, 0.05) is 10.7 Å². The molecule has 0 aromatic heterocycles. The average Bonchev–Trinajstić information content (AvgIpc) is 2.19. The van der Waals surface area contributed by atoms with Crippen molar-refractivity contribution < 1.29 is 22.3 Å². The summed E-state index contributed by atoms with van der Waals surface area (Å²) in [6.45, 7) is 0. The fraction of sp³-hybridized carbons (Fsp3) is 0.333. The molecule has 0 spiro atoms. The van der Waals surface area contributed by atoms with E-state index in [0.717, 1.165) is 6.07 Å². The van der Waals surface area contributed by atoms with Gasteiger partial charge in [-0.15, -0.1) is 0 Å². The molecule has 0 aliphatic carbocycles. The number of rotatable bonds is 4. The molecule has 0 radical (unpaired) electrons. The van der Waals surface area contributed by atoms with Crippen molar-refractivity contribution in [2.45, 2.75) is 5.75 Å². The van der Waals surface area contributed by atoms with Crippen LogP contribution in [0.2, 0.25) is 0 Å². The minimum absolute atomic E-state index is 0.0340. The van der Waals surface area contributed by atoms with Gasteiger partial charge in [0.05, 0.1) is 25.5 Å². The zero-order chi connectivity index (χ0) is 12.3. The fourth-order valence-corrected chi connectivity index (χ4v) is 2.21. The smallest absolute Gasteiger partial charge is 0.237 e. The van der Waals surface area contributed by atoms with Crippen LogP contribution in [0.5, 0.6) is 11.5 Å². The molecular formula is C9H10ClFO4S. The lowest BCUT2D eigenvalue weighted by Crippen LogP contribution is -2.03. The highest BCUT2D eigenvalue weighted by Crippen LogP contribution is 2.34. The van der Waals surface area contributed by atoms with Crippen LogP contribution in [0.1, 0.15) is 5.56 Å². The summed E-state index contributed by atoms with van der Waals surface area (Å²) >= 11 is 0. The first-order valence-electron chi connectivity index (χ1n) is 4.20. The highest BCUT2D eigenvalue weighted by Gasteiger charge is 2.20. The lowest BCUT2D eigenvalue weighted by Gasteiger charge is -2.12. The minimum atomic E-state index is -3.86. The molecule has 1 aromatic carbocycles. The van der Waals surface area contributed by atoms with E-state index in [9.17, 15) is 12.8 Å². The van der Waals surface area contributed by atoms with Gasteiger partial charge >= 0.3 is 0 Å². The van der Waals surface area contributed by atoms with Crippen LogP contribution in [0.3, 0.4) is 0 Å². The van der Waals surface area contributed by atoms with Gasteiger partial charge in [0.2, 0.25) is 9.05 Å². The van der Waals surface area contributed by atoms with Crippen molar-refractivity contribution in [3.8, 4) is 11.5 Å². The van der Waals surface area contributed by atoms with E-state index >= 15 is 0 Å². The second kappa shape index (κ2) is 4.88. The molecule has 0 heterocycles. The van der Waals surface area contributed by atoms with Crippen LogP contribution >= 0.6 is 10.7 Å². The van der Waals surface area contributed by atoms with E-state index in [-0.39, 0.29) is 17.1 Å². The Morgan fingerprint density at radius 2 is 1.94 bits per heavy atom. The Bertz CT molecular complexity index is 487. The molecule has 16 heavy (non-hydrogen) atoms. The van der Waals surface area contributed by atoms with Crippen molar-refractivity contribution in [1.82, 2.24) is 0 Å². The van der Waals surface area contributed by atoms with E-state index in [1.165, 1.54) is 20.3 Å². The second-order valence-electron chi connectivity index (χ2n) is 2.94. The van der Waals surface area contributed by atoms with Crippen LogP contribution in [0.15, 0.2) is 12.1 Å². The second-order valence-corrected chi connectivity index (χ2v) is 5.72. The van der Waals surface area contributed by atoms with Crippen molar-refractivity contribution in [1.29, 1.82) is 0 Å². The molecule has 7 heteroatoms. The molecule has 0 unspecified atom stereocenters. The quantitative estimate of drug-likeness (QED) is 0.783. The van der Waals surface area contributed by atoms with E-state index in [2.05, 4.69) is 0 Å². The Kier molecular flexibility index (Phi) is 3.98. The largest absolute Gasteiger partial charge is 0.493 e. The number of halogens is 2. The molecular weight excluding hydrogens is 259 g/mol. The Balaban J connectivity index is 3.34. The van der Waals surface area contributed by atoms with Crippen LogP contribution < -0.4 is 9.47 Å². The van der Waals surface area contributed by atoms with Gasteiger partial charge in [-0.25, -0.2) is 12.8 Å². The molecule has 0 N–H and O–H groups in total. The summed E-state index contributed by atoms with van der Waals surface area (Å²) in [5.74, 6) is -1.08. The zero-order valence-corrected chi connectivity index (χ0v) is 10.2. The zero-order valence-electron chi connectivity index (χ0n) is 8.66. The van der Waals surface area contributed by atoms with E-state index in [0.29, 0.717) is 0 Å². The molecule has 0 atom stereocenters. The normalized spacial score (nSPS) is 11.2. The van der Waals surface area contributed by atoms with Crippen molar-refractivity contribution in [2.24, 2.45) is 0 Å². The Morgan fingerprint density at radius 1 is 1.31 bits per heavy atom. The SMILES string of the molecule is COc1ccc(F)c(CS(=O)(=O)Cl)c1OC. The highest BCUT2D eigenvalue weighted by molar-refractivity contribution is 8.13. The summed E-state index contributed by atoms with van der Waals surface area (Å²) in [5, 5.41) is 0. The maximum Gasteiger partial charge on any atom is 0.237 e. The summed E-state index contributed by atoms with van der Waals surface area (Å²) < 4.78 is 45.1. The number of methoxy groups -OCH3 is 2. The predicted molar refractivity (Wildman–Crippen MR) is 58.0 cm³/mol.